The summed E-state index contributed by atoms with van der Waals surface area (Å²) in [4.78, 5) is -0.214. The second kappa shape index (κ2) is 7.05. The molecule has 3 rings (SSSR count). The standard InChI is InChI=1S/C18H12F3NO2S2/c19-14-8-6-11(10-15(14)20)13-7-9-16(17(21)18(13)25)22-26(23,24)12-4-2-1-3-5-12/h1-10,22,25H. The molecular weight excluding hydrogens is 383 g/mol. The summed E-state index contributed by atoms with van der Waals surface area (Å²) in [7, 11) is -3.98. The van der Waals surface area contributed by atoms with E-state index in [9.17, 15) is 21.6 Å². The van der Waals surface area contributed by atoms with Gasteiger partial charge in [-0.05, 0) is 41.5 Å². The molecule has 3 aromatic carbocycles. The highest BCUT2D eigenvalue weighted by atomic mass is 32.2. The van der Waals surface area contributed by atoms with E-state index in [-0.39, 0.29) is 26.6 Å². The van der Waals surface area contributed by atoms with Crippen LogP contribution in [-0.4, -0.2) is 8.42 Å². The fraction of sp³-hybridized carbons (Fsp3) is 0. The Hall–Kier alpha value is -2.45. The Morgan fingerprint density at radius 1 is 0.846 bits per heavy atom. The molecule has 3 nitrogen and oxygen atoms in total. The first-order valence-electron chi connectivity index (χ1n) is 7.34. The van der Waals surface area contributed by atoms with Crippen molar-refractivity contribution in [3.05, 3.63) is 78.1 Å². The van der Waals surface area contributed by atoms with Gasteiger partial charge < -0.3 is 0 Å². The lowest BCUT2D eigenvalue weighted by atomic mass is 10.0. The van der Waals surface area contributed by atoms with Crippen LogP contribution in [-0.2, 0) is 10.0 Å². The number of sulfonamides is 1. The monoisotopic (exact) mass is 395 g/mol. The molecule has 0 radical (unpaired) electrons. The largest absolute Gasteiger partial charge is 0.277 e. The van der Waals surface area contributed by atoms with Crippen molar-refractivity contribution in [3.8, 4) is 11.1 Å². The summed E-state index contributed by atoms with van der Waals surface area (Å²) in [6, 6.07) is 13.2. The second-order valence-corrected chi connectivity index (χ2v) is 7.50. The summed E-state index contributed by atoms with van der Waals surface area (Å²) in [5, 5.41) is 0. The zero-order valence-electron chi connectivity index (χ0n) is 13.1. The first-order chi connectivity index (χ1) is 12.3. The molecule has 3 aromatic rings. The van der Waals surface area contributed by atoms with Crippen LogP contribution in [0.15, 0.2) is 70.5 Å². The van der Waals surface area contributed by atoms with E-state index in [2.05, 4.69) is 17.4 Å². The van der Waals surface area contributed by atoms with Gasteiger partial charge in [0.25, 0.3) is 10.0 Å². The predicted octanol–water partition coefficient (Wildman–Crippen LogP) is 4.86. The lowest BCUT2D eigenvalue weighted by molar-refractivity contribution is 0.509. The fourth-order valence-corrected chi connectivity index (χ4v) is 3.75. The van der Waals surface area contributed by atoms with Crippen LogP contribution in [0, 0.1) is 17.5 Å². The number of hydrogen-bond donors (Lipinski definition) is 2. The SMILES string of the molecule is O=S(=O)(Nc1ccc(-c2ccc(F)c(F)c2)c(S)c1F)c1ccccc1. The third-order valence-corrected chi connectivity index (χ3v) is 5.46. The normalized spacial score (nSPS) is 11.4. The molecule has 0 aliphatic rings. The van der Waals surface area contributed by atoms with Crippen LogP contribution in [0.5, 0.6) is 0 Å². The Morgan fingerprint density at radius 3 is 2.19 bits per heavy atom. The summed E-state index contributed by atoms with van der Waals surface area (Å²) >= 11 is 4.06. The number of halogens is 3. The molecule has 0 amide bonds. The van der Waals surface area contributed by atoms with E-state index in [1.54, 1.807) is 18.2 Å². The molecule has 0 saturated carbocycles. The van der Waals surface area contributed by atoms with E-state index in [4.69, 9.17) is 0 Å². The van der Waals surface area contributed by atoms with Crippen molar-refractivity contribution >= 4 is 28.3 Å². The number of rotatable bonds is 4. The molecule has 0 atom stereocenters. The van der Waals surface area contributed by atoms with Gasteiger partial charge in [-0.2, -0.15) is 0 Å². The van der Waals surface area contributed by atoms with Gasteiger partial charge in [0.05, 0.1) is 10.6 Å². The maximum atomic E-state index is 14.6. The molecule has 0 saturated heterocycles. The van der Waals surface area contributed by atoms with Crippen LogP contribution in [0.2, 0.25) is 0 Å². The van der Waals surface area contributed by atoms with Gasteiger partial charge in [-0.3, -0.25) is 4.72 Å². The molecule has 0 bridgehead atoms. The second-order valence-electron chi connectivity index (χ2n) is 5.37. The highest BCUT2D eigenvalue weighted by Crippen LogP contribution is 2.34. The highest BCUT2D eigenvalue weighted by Gasteiger charge is 2.19. The maximum absolute atomic E-state index is 14.6. The molecule has 26 heavy (non-hydrogen) atoms. The minimum atomic E-state index is -3.98. The third-order valence-electron chi connectivity index (χ3n) is 3.64. The molecule has 0 aliphatic heterocycles. The number of hydrogen-bond acceptors (Lipinski definition) is 3. The van der Waals surface area contributed by atoms with Gasteiger partial charge in [-0.25, -0.2) is 21.6 Å². The van der Waals surface area contributed by atoms with Gasteiger partial charge in [-0.15, -0.1) is 12.6 Å². The van der Waals surface area contributed by atoms with Crippen molar-refractivity contribution in [2.75, 3.05) is 4.72 Å². The Labute approximate surface area is 154 Å². The van der Waals surface area contributed by atoms with Gasteiger partial charge in [0.1, 0.15) is 0 Å². The fourth-order valence-electron chi connectivity index (χ4n) is 2.34. The average molecular weight is 395 g/mol. The van der Waals surface area contributed by atoms with Crippen LogP contribution < -0.4 is 4.72 Å². The molecular formula is C18H12F3NO2S2. The smallest absolute Gasteiger partial charge is 0.261 e. The molecule has 0 aliphatic carbocycles. The van der Waals surface area contributed by atoms with Crippen LogP contribution in [0.3, 0.4) is 0 Å². The van der Waals surface area contributed by atoms with Crippen molar-refractivity contribution in [2.45, 2.75) is 9.79 Å². The van der Waals surface area contributed by atoms with E-state index in [1.807, 2.05) is 0 Å². The van der Waals surface area contributed by atoms with Crippen molar-refractivity contribution in [3.63, 3.8) is 0 Å². The summed E-state index contributed by atoms with van der Waals surface area (Å²) in [5.74, 6) is -3.03. The minimum Gasteiger partial charge on any atom is -0.277 e. The molecule has 134 valence electrons. The van der Waals surface area contributed by atoms with E-state index in [0.717, 1.165) is 12.1 Å². The minimum absolute atomic E-state index is 0.0233. The lowest BCUT2D eigenvalue weighted by Crippen LogP contribution is -2.14. The maximum Gasteiger partial charge on any atom is 0.261 e. The first-order valence-corrected chi connectivity index (χ1v) is 9.27. The van der Waals surface area contributed by atoms with Gasteiger partial charge >= 0.3 is 0 Å². The van der Waals surface area contributed by atoms with Crippen LogP contribution >= 0.6 is 12.6 Å². The van der Waals surface area contributed by atoms with Crippen molar-refractivity contribution in [1.82, 2.24) is 0 Å². The number of anilines is 1. The molecule has 0 unspecified atom stereocenters. The quantitative estimate of drug-likeness (QED) is 0.620. The van der Waals surface area contributed by atoms with Crippen LogP contribution in [0.25, 0.3) is 11.1 Å². The molecule has 8 heteroatoms. The Kier molecular flexibility index (Phi) is 4.97. The Bertz CT molecular complexity index is 1070. The summed E-state index contributed by atoms with van der Waals surface area (Å²) in [6.07, 6.45) is 0. The average Bonchev–Trinajstić information content (AvgIpc) is 2.62. The van der Waals surface area contributed by atoms with Crippen LogP contribution in [0.4, 0.5) is 18.9 Å². The van der Waals surface area contributed by atoms with Gasteiger partial charge in [0.15, 0.2) is 17.5 Å². The van der Waals surface area contributed by atoms with Crippen LogP contribution in [0.1, 0.15) is 0 Å². The topological polar surface area (TPSA) is 46.2 Å². The molecule has 1 N–H and O–H groups in total. The van der Waals surface area contributed by atoms with Gasteiger partial charge in [-0.1, -0.05) is 30.3 Å². The zero-order valence-corrected chi connectivity index (χ0v) is 14.8. The zero-order chi connectivity index (χ0) is 18.9. The predicted molar refractivity (Wildman–Crippen MR) is 96.3 cm³/mol. The summed E-state index contributed by atoms with van der Waals surface area (Å²) in [5.41, 5.74) is 0.114. The third kappa shape index (κ3) is 3.56. The van der Waals surface area contributed by atoms with E-state index < -0.39 is 27.5 Å². The van der Waals surface area contributed by atoms with Crippen molar-refractivity contribution in [2.24, 2.45) is 0 Å². The highest BCUT2D eigenvalue weighted by molar-refractivity contribution is 7.92. The van der Waals surface area contributed by atoms with E-state index in [0.29, 0.717) is 0 Å². The molecule has 0 aromatic heterocycles. The summed E-state index contributed by atoms with van der Waals surface area (Å²) < 4.78 is 67.8. The van der Waals surface area contributed by atoms with Crippen molar-refractivity contribution in [1.29, 1.82) is 0 Å². The first kappa shape index (κ1) is 18.3. The molecule has 0 heterocycles. The Morgan fingerprint density at radius 2 is 1.54 bits per heavy atom. The van der Waals surface area contributed by atoms with E-state index >= 15 is 0 Å². The lowest BCUT2D eigenvalue weighted by Gasteiger charge is -2.13. The number of thiol groups is 1. The molecule has 0 spiro atoms. The van der Waals surface area contributed by atoms with Gasteiger partial charge in [0, 0.05) is 4.90 Å². The molecule has 0 fully saturated rings. The number of benzene rings is 3. The van der Waals surface area contributed by atoms with Crippen molar-refractivity contribution < 1.29 is 21.6 Å². The Balaban J connectivity index is 1.99. The summed E-state index contributed by atoms with van der Waals surface area (Å²) in [6.45, 7) is 0. The number of nitrogens with one attached hydrogen (secondary N) is 1. The van der Waals surface area contributed by atoms with E-state index in [1.165, 1.54) is 30.3 Å². The van der Waals surface area contributed by atoms with Gasteiger partial charge in [0.2, 0.25) is 0 Å².